The van der Waals surface area contributed by atoms with Crippen LogP contribution in [0.2, 0.25) is 0 Å². The first-order valence-electron chi connectivity index (χ1n) is 10.6. The standard InChI is InChI=1S/C24H27FN4O/c1-30-24-8-3-2-7-23(24)29-22-11-12-28(15-17-5-4-6-18(25)13-17)16-20(22)21(27-29)14-26-19-9-10-19/h2-8,13,19,26H,9-12,14-16H2,1H3. The predicted molar refractivity (Wildman–Crippen MR) is 114 cm³/mol. The Bertz CT molecular complexity index is 1040. The Kier molecular flexibility index (Phi) is 5.27. The molecule has 2 aliphatic rings. The van der Waals surface area contributed by atoms with Crippen LogP contribution in [0.5, 0.6) is 5.75 Å². The Hall–Kier alpha value is -2.70. The Balaban J connectivity index is 1.46. The van der Waals surface area contributed by atoms with Gasteiger partial charge in [-0.05, 0) is 42.7 Å². The minimum absolute atomic E-state index is 0.177. The van der Waals surface area contributed by atoms with E-state index in [9.17, 15) is 4.39 Å². The van der Waals surface area contributed by atoms with E-state index in [0.717, 1.165) is 55.3 Å². The van der Waals surface area contributed by atoms with Gasteiger partial charge < -0.3 is 10.1 Å². The highest BCUT2D eigenvalue weighted by atomic mass is 19.1. The molecule has 0 atom stereocenters. The second-order valence-corrected chi connectivity index (χ2v) is 8.20. The zero-order chi connectivity index (χ0) is 20.5. The van der Waals surface area contributed by atoms with Crippen LogP contribution in [-0.4, -0.2) is 34.4 Å². The summed E-state index contributed by atoms with van der Waals surface area (Å²) in [6, 6.07) is 15.6. The molecule has 0 saturated heterocycles. The lowest BCUT2D eigenvalue weighted by Crippen LogP contribution is -2.31. The molecule has 6 heteroatoms. The summed E-state index contributed by atoms with van der Waals surface area (Å²) < 4.78 is 21.3. The van der Waals surface area contributed by atoms with Gasteiger partial charge in [0.25, 0.3) is 0 Å². The highest BCUT2D eigenvalue weighted by Crippen LogP contribution is 2.30. The first-order valence-corrected chi connectivity index (χ1v) is 10.6. The number of nitrogens with one attached hydrogen (secondary N) is 1. The van der Waals surface area contributed by atoms with E-state index in [4.69, 9.17) is 9.84 Å². The topological polar surface area (TPSA) is 42.3 Å². The van der Waals surface area contributed by atoms with Gasteiger partial charge in [0.15, 0.2) is 0 Å². The average Bonchev–Trinajstić information content (AvgIpc) is 3.53. The first kappa shape index (κ1) is 19.3. The van der Waals surface area contributed by atoms with Crippen molar-refractivity contribution in [3.8, 4) is 11.4 Å². The molecule has 2 aromatic carbocycles. The summed E-state index contributed by atoms with van der Waals surface area (Å²) in [5.41, 5.74) is 5.63. The molecule has 1 fully saturated rings. The molecule has 0 amide bonds. The molecule has 1 N–H and O–H groups in total. The lowest BCUT2D eigenvalue weighted by molar-refractivity contribution is 0.242. The quantitative estimate of drug-likeness (QED) is 0.648. The van der Waals surface area contributed by atoms with Crippen LogP contribution >= 0.6 is 0 Å². The van der Waals surface area contributed by atoms with Crippen molar-refractivity contribution in [2.75, 3.05) is 13.7 Å². The Labute approximate surface area is 176 Å². The van der Waals surface area contributed by atoms with Gasteiger partial charge in [0.1, 0.15) is 17.3 Å². The van der Waals surface area contributed by atoms with Gasteiger partial charge in [-0.3, -0.25) is 4.90 Å². The number of aromatic nitrogens is 2. The number of methoxy groups -OCH3 is 1. The largest absolute Gasteiger partial charge is 0.494 e. The Morgan fingerprint density at radius 2 is 2.03 bits per heavy atom. The fourth-order valence-electron chi connectivity index (χ4n) is 4.24. The number of nitrogens with zero attached hydrogens (tertiary/aromatic N) is 3. The van der Waals surface area contributed by atoms with E-state index >= 15 is 0 Å². The van der Waals surface area contributed by atoms with Crippen molar-refractivity contribution >= 4 is 0 Å². The van der Waals surface area contributed by atoms with Gasteiger partial charge in [0.2, 0.25) is 0 Å². The number of halogens is 1. The van der Waals surface area contributed by atoms with E-state index in [2.05, 4.69) is 21.0 Å². The summed E-state index contributed by atoms with van der Waals surface area (Å²) in [6.45, 7) is 3.26. The number of hydrogen-bond donors (Lipinski definition) is 1. The maximum atomic E-state index is 13.6. The molecule has 0 bridgehead atoms. The zero-order valence-corrected chi connectivity index (χ0v) is 17.3. The lowest BCUT2D eigenvalue weighted by atomic mass is 10.0. The van der Waals surface area contributed by atoms with Crippen molar-refractivity contribution in [1.29, 1.82) is 0 Å². The smallest absolute Gasteiger partial charge is 0.144 e. The van der Waals surface area contributed by atoms with Crippen LogP contribution in [0.3, 0.4) is 0 Å². The number of ether oxygens (including phenoxy) is 1. The second-order valence-electron chi connectivity index (χ2n) is 8.20. The molecule has 2 heterocycles. The molecule has 5 nitrogen and oxygen atoms in total. The molecule has 5 rings (SSSR count). The third-order valence-electron chi connectivity index (χ3n) is 5.96. The van der Waals surface area contributed by atoms with E-state index in [-0.39, 0.29) is 5.82 Å². The zero-order valence-electron chi connectivity index (χ0n) is 17.3. The van der Waals surface area contributed by atoms with Crippen LogP contribution in [0.15, 0.2) is 48.5 Å². The summed E-state index contributed by atoms with van der Waals surface area (Å²) in [7, 11) is 1.70. The summed E-state index contributed by atoms with van der Waals surface area (Å²) in [5.74, 6) is 0.648. The SMILES string of the molecule is COc1ccccc1-n1nc(CNC2CC2)c2c1CCN(Cc1cccc(F)c1)C2. The molecular formula is C24H27FN4O. The number of para-hydroxylation sites is 2. The summed E-state index contributed by atoms with van der Waals surface area (Å²) in [6.07, 6.45) is 3.40. The molecule has 1 saturated carbocycles. The molecule has 1 aliphatic carbocycles. The molecule has 0 unspecified atom stereocenters. The molecule has 0 radical (unpaired) electrons. The van der Waals surface area contributed by atoms with E-state index in [1.807, 2.05) is 24.3 Å². The summed E-state index contributed by atoms with van der Waals surface area (Å²) in [4.78, 5) is 2.38. The van der Waals surface area contributed by atoms with E-state index < -0.39 is 0 Å². The highest BCUT2D eigenvalue weighted by Gasteiger charge is 2.28. The van der Waals surface area contributed by atoms with Gasteiger partial charge in [-0.1, -0.05) is 24.3 Å². The van der Waals surface area contributed by atoms with Gasteiger partial charge in [0, 0.05) is 44.2 Å². The van der Waals surface area contributed by atoms with Gasteiger partial charge in [-0.15, -0.1) is 0 Å². The first-order chi connectivity index (χ1) is 14.7. The molecule has 1 aliphatic heterocycles. The monoisotopic (exact) mass is 406 g/mol. The summed E-state index contributed by atoms with van der Waals surface area (Å²) in [5, 5.41) is 8.63. The molecule has 156 valence electrons. The van der Waals surface area contributed by atoms with Crippen LogP contribution in [0.4, 0.5) is 4.39 Å². The Morgan fingerprint density at radius 1 is 1.17 bits per heavy atom. The van der Waals surface area contributed by atoms with E-state index in [0.29, 0.717) is 6.04 Å². The number of hydrogen-bond acceptors (Lipinski definition) is 4. The predicted octanol–water partition coefficient (Wildman–Crippen LogP) is 3.83. The molecule has 0 spiro atoms. The fraction of sp³-hybridized carbons (Fsp3) is 0.375. The van der Waals surface area contributed by atoms with Crippen molar-refractivity contribution in [2.45, 2.75) is 44.9 Å². The molecule has 3 aromatic rings. The van der Waals surface area contributed by atoms with Gasteiger partial charge in [-0.2, -0.15) is 5.10 Å². The van der Waals surface area contributed by atoms with Gasteiger partial charge in [-0.25, -0.2) is 9.07 Å². The minimum Gasteiger partial charge on any atom is -0.494 e. The highest BCUT2D eigenvalue weighted by molar-refractivity contribution is 5.49. The Morgan fingerprint density at radius 3 is 2.83 bits per heavy atom. The third kappa shape index (κ3) is 3.98. The molecule has 30 heavy (non-hydrogen) atoms. The van der Waals surface area contributed by atoms with Crippen LogP contribution < -0.4 is 10.1 Å². The van der Waals surface area contributed by atoms with Crippen LogP contribution in [0.1, 0.15) is 35.4 Å². The minimum atomic E-state index is -0.177. The van der Waals surface area contributed by atoms with Crippen molar-refractivity contribution < 1.29 is 9.13 Å². The van der Waals surface area contributed by atoms with Crippen LogP contribution in [-0.2, 0) is 26.1 Å². The van der Waals surface area contributed by atoms with Crippen LogP contribution in [0.25, 0.3) is 5.69 Å². The summed E-state index contributed by atoms with van der Waals surface area (Å²) >= 11 is 0. The third-order valence-corrected chi connectivity index (χ3v) is 5.96. The number of benzene rings is 2. The maximum Gasteiger partial charge on any atom is 0.144 e. The van der Waals surface area contributed by atoms with E-state index in [1.165, 1.54) is 30.2 Å². The number of fused-ring (bicyclic) bond motifs is 1. The van der Waals surface area contributed by atoms with E-state index in [1.54, 1.807) is 19.2 Å². The van der Waals surface area contributed by atoms with Crippen molar-refractivity contribution in [3.05, 3.63) is 76.9 Å². The maximum absolute atomic E-state index is 13.6. The number of rotatable bonds is 7. The normalized spacial score (nSPS) is 16.5. The lowest BCUT2D eigenvalue weighted by Gasteiger charge is -2.28. The van der Waals surface area contributed by atoms with Crippen molar-refractivity contribution in [3.63, 3.8) is 0 Å². The fourth-order valence-corrected chi connectivity index (χ4v) is 4.24. The van der Waals surface area contributed by atoms with Gasteiger partial charge >= 0.3 is 0 Å². The van der Waals surface area contributed by atoms with Crippen molar-refractivity contribution in [1.82, 2.24) is 20.0 Å². The van der Waals surface area contributed by atoms with Crippen molar-refractivity contribution in [2.24, 2.45) is 0 Å². The molecule has 1 aromatic heterocycles. The van der Waals surface area contributed by atoms with Gasteiger partial charge in [0.05, 0.1) is 18.5 Å². The second kappa shape index (κ2) is 8.20. The molecular weight excluding hydrogens is 379 g/mol. The average molecular weight is 407 g/mol. The van der Waals surface area contributed by atoms with Crippen LogP contribution in [0, 0.1) is 5.82 Å².